The molecule has 1 atom stereocenters. The van der Waals surface area contributed by atoms with Crippen molar-refractivity contribution < 1.29 is 13.9 Å². The summed E-state index contributed by atoms with van der Waals surface area (Å²) >= 11 is 6.10. The number of hydrogen-bond donors (Lipinski definition) is 1. The molecule has 2 fully saturated rings. The summed E-state index contributed by atoms with van der Waals surface area (Å²) in [6.07, 6.45) is 7.03. The Bertz CT molecular complexity index is 735. The molecule has 2 aromatic rings. The van der Waals surface area contributed by atoms with Crippen LogP contribution in [-0.2, 0) is 4.74 Å². The molecule has 1 aliphatic heterocycles. The van der Waals surface area contributed by atoms with E-state index in [4.69, 9.17) is 20.8 Å². The normalized spacial score (nSPS) is 22.9. The highest BCUT2D eigenvalue weighted by Gasteiger charge is 2.42. The fourth-order valence-corrected chi connectivity index (χ4v) is 4.00. The number of halogens is 1. The molecular formula is C18H20ClNO3. The maximum Gasteiger partial charge on any atom is 0.256 e. The van der Waals surface area contributed by atoms with Crippen LogP contribution in [0.15, 0.2) is 28.7 Å². The first-order valence-corrected chi connectivity index (χ1v) is 8.68. The van der Waals surface area contributed by atoms with Crippen molar-refractivity contribution >= 4 is 28.5 Å². The van der Waals surface area contributed by atoms with Gasteiger partial charge in [-0.15, -0.1) is 0 Å². The second-order valence-corrected chi connectivity index (χ2v) is 6.97. The fourth-order valence-electron chi connectivity index (χ4n) is 3.73. The average Bonchev–Trinajstić information content (AvgIpc) is 2.87. The van der Waals surface area contributed by atoms with Gasteiger partial charge in [0.05, 0.1) is 11.7 Å². The zero-order valence-electron chi connectivity index (χ0n) is 12.9. The molecule has 1 N–H and O–H groups in total. The van der Waals surface area contributed by atoms with Crippen LogP contribution < -0.4 is 5.32 Å². The van der Waals surface area contributed by atoms with Gasteiger partial charge in [0.15, 0.2) is 0 Å². The van der Waals surface area contributed by atoms with Crippen molar-refractivity contribution in [1.82, 2.24) is 5.32 Å². The predicted molar refractivity (Wildman–Crippen MR) is 88.9 cm³/mol. The van der Waals surface area contributed by atoms with Crippen molar-refractivity contribution in [3.63, 3.8) is 0 Å². The molecule has 0 radical (unpaired) electrons. The minimum atomic E-state index is -0.197. The van der Waals surface area contributed by atoms with Gasteiger partial charge in [0.25, 0.3) is 5.91 Å². The average molecular weight is 334 g/mol. The third-order valence-corrected chi connectivity index (χ3v) is 5.38. The minimum absolute atomic E-state index is 0.102. The van der Waals surface area contributed by atoms with E-state index in [9.17, 15) is 4.79 Å². The summed E-state index contributed by atoms with van der Waals surface area (Å²) in [6, 6.07) is 7.38. The third-order valence-electron chi connectivity index (χ3n) is 5.11. The van der Waals surface area contributed by atoms with Gasteiger partial charge in [-0.2, -0.15) is 0 Å². The molecule has 4 rings (SSSR count). The van der Waals surface area contributed by atoms with E-state index in [1.807, 2.05) is 24.3 Å². The first-order valence-electron chi connectivity index (χ1n) is 8.30. The quantitative estimate of drug-likeness (QED) is 0.910. The van der Waals surface area contributed by atoms with Crippen LogP contribution in [0.3, 0.4) is 0 Å². The lowest BCUT2D eigenvalue weighted by molar-refractivity contribution is -0.166. The smallest absolute Gasteiger partial charge is 0.256 e. The SMILES string of the molecule is O=C(NCC1CCCC2(CCC2)O1)c1c(Cl)oc2ccccc12. The molecule has 1 amide bonds. The molecule has 1 spiro atoms. The van der Waals surface area contributed by atoms with Crippen LogP contribution in [0, 0.1) is 0 Å². The van der Waals surface area contributed by atoms with E-state index in [1.165, 1.54) is 12.8 Å². The van der Waals surface area contributed by atoms with Crippen LogP contribution >= 0.6 is 11.6 Å². The van der Waals surface area contributed by atoms with Crippen molar-refractivity contribution in [2.24, 2.45) is 0 Å². The minimum Gasteiger partial charge on any atom is -0.444 e. The molecule has 4 nitrogen and oxygen atoms in total. The lowest BCUT2D eigenvalue weighted by Crippen LogP contribution is -2.49. The summed E-state index contributed by atoms with van der Waals surface area (Å²) in [5, 5.41) is 3.85. The molecule has 1 aromatic carbocycles. The van der Waals surface area contributed by atoms with Crippen molar-refractivity contribution in [1.29, 1.82) is 0 Å². The number of nitrogens with one attached hydrogen (secondary N) is 1. The molecule has 1 aromatic heterocycles. The highest BCUT2D eigenvalue weighted by Crippen LogP contribution is 2.44. The zero-order valence-corrected chi connectivity index (χ0v) is 13.7. The van der Waals surface area contributed by atoms with E-state index in [1.54, 1.807) is 0 Å². The Morgan fingerprint density at radius 3 is 2.83 bits per heavy atom. The Balaban J connectivity index is 1.44. The molecule has 1 unspecified atom stereocenters. The Hall–Kier alpha value is -1.52. The van der Waals surface area contributed by atoms with Crippen LogP contribution in [0.25, 0.3) is 11.0 Å². The maximum atomic E-state index is 12.5. The highest BCUT2D eigenvalue weighted by atomic mass is 35.5. The Morgan fingerprint density at radius 2 is 2.04 bits per heavy atom. The van der Waals surface area contributed by atoms with Crippen LogP contribution in [-0.4, -0.2) is 24.2 Å². The summed E-state index contributed by atoms with van der Waals surface area (Å²) in [5.74, 6) is -0.197. The van der Waals surface area contributed by atoms with Crippen molar-refractivity contribution in [2.45, 2.75) is 50.2 Å². The molecule has 2 heterocycles. The van der Waals surface area contributed by atoms with Crippen molar-refractivity contribution in [3.05, 3.63) is 35.0 Å². The first kappa shape index (κ1) is 15.0. The Labute approximate surface area is 140 Å². The predicted octanol–water partition coefficient (Wildman–Crippen LogP) is 4.31. The summed E-state index contributed by atoms with van der Waals surface area (Å²) in [4.78, 5) is 12.5. The van der Waals surface area contributed by atoms with Gasteiger partial charge in [0.1, 0.15) is 11.1 Å². The number of hydrogen-bond acceptors (Lipinski definition) is 3. The number of carbonyl (C=O) groups excluding carboxylic acids is 1. The van der Waals surface area contributed by atoms with Crippen molar-refractivity contribution in [3.8, 4) is 0 Å². The molecule has 5 heteroatoms. The van der Waals surface area contributed by atoms with Gasteiger partial charge in [-0.05, 0) is 56.2 Å². The number of carbonyl (C=O) groups is 1. The largest absolute Gasteiger partial charge is 0.444 e. The summed E-state index contributed by atoms with van der Waals surface area (Å²) in [6.45, 7) is 0.524. The summed E-state index contributed by atoms with van der Waals surface area (Å²) in [7, 11) is 0. The number of benzene rings is 1. The molecule has 0 bridgehead atoms. The molecule has 1 saturated heterocycles. The van der Waals surface area contributed by atoms with Gasteiger partial charge in [-0.1, -0.05) is 18.2 Å². The van der Waals surface area contributed by atoms with E-state index in [0.717, 1.165) is 31.1 Å². The van der Waals surface area contributed by atoms with Gasteiger partial charge >= 0.3 is 0 Å². The fraction of sp³-hybridized carbons (Fsp3) is 0.500. The first-order chi connectivity index (χ1) is 11.2. The van der Waals surface area contributed by atoms with Gasteiger partial charge in [0.2, 0.25) is 5.22 Å². The number of amides is 1. The van der Waals surface area contributed by atoms with E-state index in [-0.39, 0.29) is 22.8 Å². The van der Waals surface area contributed by atoms with Crippen LogP contribution in [0.4, 0.5) is 0 Å². The highest BCUT2D eigenvalue weighted by molar-refractivity contribution is 6.34. The maximum absolute atomic E-state index is 12.5. The number of fused-ring (bicyclic) bond motifs is 1. The van der Waals surface area contributed by atoms with Gasteiger partial charge in [0, 0.05) is 11.9 Å². The molecular weight excluding hydrogens is 314 g/mol. The summed E-state index contributed by atoms with van der Waals surface area (Å²) < 4.78 is 11.7. The molecule has 23 heavy (non-hydrogen) atoms. The molecule has 2 aliphatic rings. The molecule has 1 aliphatic carbocycles. The molecule has 122 valence electrons. The number of rotatable bonds is 3. The standard InChI is InChI=1S/C18H20ClNO3/c19-16-15(13-6-1-2-7-14(13)22-16)17(21)20-11-12-5-3-8-18(23-12)9-4-10-18/h1-2,6-7,12H,3-5,8-11H2,(H,20,21). The second kappa shape index (κ2) is 5.84. The monoisotopic (exact) mass is 333 g/mol. The third kappa shape index (κ3) is 2.74. The lowest BCUT2D eigenvalue weighted by atomic mass is 9.74. The number of ether oxygens (including phenoxy) is 1. The van der Waals surface area contributed by atoms with E-state index >= 15 is 0 Å². The van der Waals surface area contributed by atoms with E-state index < -0.39 is 0 Å². The topological polar surface area (TPSA) is 51.5 Å². The Kier molecular flexibility index (Phi) is 3.82. The van der Waals surface area contributed by atoms with Gasteiger partial charge < -0.3 is 14.5 Å². The molecule has 1 saturated carbocycles. The van der Waals surface area contributed by atoms with Crippen LogP contribution in [0.1, 0.15) is 48.9 Å². The number of furan rings is 1. The van der Waals surface area contributed by atoms with Crippen LogP contribution in [0.5, 0.6) is 0 Å². The number of para-hydroxylation sites is 1. The van der Waals surface area contributed by atoms with E-state index in [0.29, 0.717) is 17.7 Å². The summed E-state index contributed by atoms with van der Waals surface area (Å²) in [5.41, 5.74) is 1.15. The lowest BCUT2D eigenvalue weighted by Gasteiger charge is -2.47. The zero-order chi connectivity index (χ0) is 15.9. The second-order valence-electron chi connectivity index (χ2n) is 6.63. The van der Waals surface area contributed by atoms with Gasteiger partial charge in [-0.25, -0.2) is 0 Å². The van der Waals surface area contributed by atoms with E-state index in [2.05, 4.69) is 5.32 Å². The Morgan fingerprint density at radius 1 is 1.26 bits per heavy atom. The van der Waals surface area contributed by atoms with Crippen molar-refractivity contribution in [2.75, 3.05) is 6.54 Å². The van der Waals surface area contributed by atoms with Crippen LogP contribution in [0.2, 0.25) is 5.22 Å². The van der Waals surface area contributed by atoms with Gasteiger partial charge in [-0.3, -0.25) is 4.79 Å².